The number of ether oxygens (including phenoxy) is 1. The van der Waals surface area contributed by atoms with E-state index in [0.717, 1.165) is 23.2 Å². The zero-order valence-electron chi connectivity index (χ0n) is 13.1. The molecule has 1 N–H and O–H groups in total. The maximum Gasteiger partial charge on any atom is 0.125 e. The van der Waals surface area contributed by atoms with Crippen LogP contribution < -0.4 is 10.1 Å². The van der Waals surface area contributed by atoms with E-state index in [4.69, 9.17) is 4.74 Å². The zero-order chi connectivity index (χ0) is 14.9. The number of nitrogens with one attached hydrogen (secondary N) is 1. The fourth-order valence-corrected chi connectivity index (χ4v) is 4.67. The zero-order valence-corrected chi connectivity index (χ0v) is 14.7. The van der Waals surface area contributed by atoms with Crippen LogP contribution in [0.3, 0.4) is 0 Å². The lowest BCUT2D eigenvalue weighted by Gasteiger charge is -2.49. The maximum atomic E-state index is 6.63. The number of benzene rings is 1. The first-order chi connectivity index (χ1) is 10.2. The molecule has 1 aliphatic carbocycles. The average molecular weight is 352 g/mol. The van der Waals surface area contributed by atoms with Crippen molar-refractivity contribution in [1.82, 2.24) is 5.32 Å². The van der Waals surface area contributed by atoms with Crippen LogP contribution in [0.4, 0.5) is 0 Å². The summed E-state index contributed by atoms with van der Waals surface area (Å²) in [6.07, 6.45) is 7.54. The second-order valence-corrected chi connectivity index (χ2v) is 7.43. The molecule has 1 aromatic rings. The number of halogens is 1. The Labute approximate surface area is 136 Å². The molecular weight excluding hydrogens is 326 g/mol. The molecule has 1 aliphatic heterocycles. The van der Waals surface area contributed by atoms with Crippen molar-refractivity contribution in [3.05, 3.63) is 28.2 Å². The lowest BCUT2D eigenvalue weighted by molar-refractivity contribution is -0.0523. The molecule has 116 valence electrons. The summed E-state index contributed by atoms with van der Waals surface area (Å²) >= 11 is 3.60. The molecule has 3 rings (SSSR count). The van der Waals surface area contributed by atoms with Crippen LogP contribution >= 0.6 is 15.9 Å². The summed E-state index contributed by atoms with van der Waals surface area (Å²) in [5, 5.41) is 3.68. The Hall–Kier alpha value is -0.540. The molecule has 2 nitrogen and oxygen atoms in total. The van der Waals surface area contributed by atoms with Crippen molar-refractivity contribution in [3.63, 3.8) is 0 Å². The normalized spacial score (nSPS) is 31.8. The van der Waals surface area contributed by atoms with Gasteiger partial charge in [0.25, 0.3) is 0 Å². The van der Waals surface area contributed by atoms with Crippen molar-refractivity contribution in [1.29, 1.82) is 0 Å². The van der Waals surface area contributed by atoms with Gasteiger partial charge >= 0.3 is 0 Å². The van der Waals surface area contributed by atoms with Gasteiger partial charge in [0.15, 0.2) is 0 Å². The van der Waals surface area contributed by atoms with E-state index in [1.54, 1.807) is 0 Å². The Morgan fingerprint density at radius 3 is 2.95 bits per heavy atom. The van der Waals surface area contributed by atoms with Gasteiger partial charge < -0.3 is 10.1 Å². The molecule has 1 spiro atoms. The van der Waals surface area contributed by atoms with Crippen LogP contribution in [0.15, 0.2) is 22.7 Å². The molecule has 2 aliphatic rings. The highest BCUT2D eigenvalue weighted by Gasteiger charge is 2.47. The van der Waals surface area contributed by atoms with Crippen LogP contribution in [-0.4, -0.2) is 12.1 Å². The summed E-state index contributed by atoms with van der Waals surface area (Å²) < 4.78 is 7.77. The summed E-state index contributed by atoms with van der Waals surface area (Å²) in [6, 6.07) is 6.89. The Morgan fingerprint density at radius 2 is 2.19 bits per heavy atom. The van der Waals surface area contributed by atoms with E-state index in [1.807, 2.05) is 0 Å². The number of hydrogen-bond acceptors (Lipinski definition) is 2. The predicted octanol–water partition coefficient (Wildman–Crippen LogP) is 5.22. The minimum Gasteiger partial charge on any atom is -0.487 e. The molecule has 0 radical (unpaired) electrons. The first-order valence-electron chi connectivity index (χ1n) is 8.40. The molecule has 1 heterocycles. The lowest BCUT2D eigenvalue weighted by atomic mass is 9.69. The monoisotopic (exact) mass is 351 g/mol. The molecule has 0 saturated heterocycles. The fraction of sp³-hybridized carbons (Fsp3) is 0.667. The summed E-state index contributed by atoms with van der Waals surface area (Å²) in [5.74, 6) is 1.79. The smallest absolute Gasteiger partial charge is 0.125 e. The summed E-state index contributed by atoms with van der Waals surface area (Å²) in [4.78, 5) is 0. The van der Waals surface area contributed by atoms with Gasteiger partial charge in [-0.25, -0.2) is 0 Å². The summed E-state index contributed by atoms with van der Waals surface area (Å²) in [5.41, 5.74) is 1.37. The summed E-state index contributed by atoms with van der Waals surface area (Å²) in [7, 11) is 0. The van der Waals surface area contributed by atoms with E-state index in [2.05, 4.69) is 53.3 Å². The van der Waals surface area contributed by atoms with Crippen LogP contribution in [0, 0.1) is 5.92 Å². The molecule has 0 amide bonds. The van der Waals surface area contributed by atoms with Crippen molar-refractivity contribution < 1.29 is 4.74 Å². The second-order valence-electron chi connectivity index (χ2n) is 6.51. The standard InChI is InChI=1S/C18H26BrNO/c1-3-13-7-5-6-10-18(13)12-16(20-4-2)15-11-14(19)8-9-17(15)21-18/h8-9,11,13,16,20H,3-7,10,12H2,1-2H3. The van der Waals surface area contributed by atoms with E-state index in [0.29, 0.717) is 12.0 Å². The fourth-order valence-electron chi connectivity index (χ4n) is 4.29. The third-order valence-electron chi connectivity index (χ3n) is 5.30. The van der Waals surface area contributed by atoms with E-state index >= 15 is 0 Å². The van der Waals surface area contributed by atoms with E-state index in [1.165, 1.54) is 37.7 Å². The highest BCUT2D eigenvalue weighted by Crippen LogP contribution is 2.50. The molecule has 1 saturated carbocycles. The highest BCUT2D eigenvalue weighted by molar-refractivity contribution is 9.10. The van der Waals surface area contributed by atoms with Gasteiger partial charge in [0.2, 0.25) is 0 Å². The van der Waals surface area contributed by atoms with Crippen molar-refractivity contribution in [2.75, 3.05) is 6.54 Å². The van der Waals surface area contributed by atoms with Crippen molar-refractivity contribution in [2.24, 2.45) is 5.92 Å². The number of fused-ring (bicyclic) bond motifs is 1. The third-order valence-corrected chi connectivity index (χ3v) is 5.79. The van der Waals surface area contributed by atoms with E-state index in [9.17, 15) is 0 Å². The first kappa shape index (κ1) is 15.4. The van der Waals surface area contributed by atoms with Gasteiger partial charge in [0, 0.05) is 22.5 Å². The van der Waals surface area contributed by atoms with Gasteiger partial charge in [0.05, 0.1) is 0 Å². The molecule has 0 aromatic heterocycles. The molecule has 0 bridgehead atoms. The van der Waals surface area contributed by atoms with Gasteiger partial charge in [-0.2, -0.15) is 0 Å². The largest absolute Gasteiger partial charge is 0.487 e. The van der Waals surface area contributed by atoms with Crippen LogP contribution in [0.25, 0.3) is 0 Å². The van der Waals surface area contributed by atoms with Crippen LogP contribution in [0.2, 0.25) is 0 Å². The Morgan fingerprint density at radius 1 is 1.33 bits per heavy atom. The SMILES string of the molecule is CCNC1CC2(CCCCC2CC)Oc2ccc(Br)cc21. The van der Waals surface area contributed by atoms with E-state index in [-0.39, 0.29) is 5.60 Å². The first-order valence-corrected chi connectivity index (χ1v) is 9.19. The molecule has 21 heavy (non-hydrogen) atoms. The van der Waals surface area contributed by atoms with Crippen molar-refractivity contribution in [2.45, 2.75) is 64.0 Å². The minimum atomic E-state index is 0.0562. The molecule has 3 atom stereocenters. The van der Waals surface area contributed by atoms with Gasteiger partial charge in [0.1, 0.15) is 11.4 Å². The second kappa shape index (κ2) is 6.29. The van der Waals surface area contributed by atoms with Gasteiger partial charge in [-0.3, -0.25) is 0 Å². The minimum absolute atomic E-state index is 0.0562. The molecule has 1 aromatic carbocycles. The van der Waals surface area contributed by atoms with Crippen molar-refractivity contribution >= 4 is 15.9 Å². The third kappa shape index (κ3) is 2.87. The van der Waals surface area contributed by atoms with Crippen LogP contribution in [-0.2, 0) is 0 Å². The topological polar surface area (TPSA) is 21.3 Å². The number of hydrogen-bond donors (Lipinski definition) is 1. The van der Waals surface area contributed by atoms with E-state index < -0.39 is 0 Å². The molecule has 3 heteroatoms. The highest BCUT2D eigenvalue weighted by atomic mass is 79.9. The van der Waals surface area contributed by atoms with Crippen LogP contribution in [0.5, 0.6) is 5.75 Å². The number of rotatable bonds is 3. The molecule has 3 unspecified atom stereocenters. The van der Waals surface area contributed by atoms with Gasteiger partial charge in [-0.1, -0.05) is 36.2 Å². The summed E-state index contributed by atoms with van der Waals surface area (Å²) in [6.45, 7) is 5.52. The molecular formula is C18H26BrNO. The maximum absolute atomic E-state index is 6.63. The quantitative estimate of drug-likeness (QED) is 0.805. The van der Waals surface area contributed by atoms with Gasteiger partial charge in [-0.05, 0) is 56.3 Å². The van der Waals surface area contributed by atoms with Crippen molar-refractivity contribution in [3.8, 4) is 5.75 Å². The Balaban J connectivity index is 1.98. The van der Waals surface area contributed by atoms with Gasteiger partial charge in [-0.15, -0.1) is 0 Å². The van der Waals surface area contributed by atoms with Crippen LogP contribution in [0.1, 0.15) is 64.0 Å². The molecule has 1 fully saturated rings. The lowest BCUT2D eigenvalue weighted by Crippen LogP contribution is -2.51. The average Bonchev–Trinajstić information content (AvgIpc) is 2.49. The Bertz CT molecular complexity index is 504. The Kier molecular flexibility index (Phi) is 4.60. The predicted molar refractivity (Wildman–Crippen MR) is 90.8 cm³/mol.